The largest absolute Gasteiger partial charge is 0.481 e. The Morgan fingerprint density at radius 1 is 1.00 bits per heavy atom. The van der Waals surface area contributed by atoms with Crippen LogP contribution in [0.2, 0.25) is 5.02 Å². The number of halogens is 1. The highest BCUT2D eigenvalue weighted by molar-refractivity contribution is 7.89. The van der Waals surface area contributed by atoms with E-state index in [9.17, 15) is 22.8 Å². The minimum atomic E-state index is -3.73. The number of hydrogen-bond donors (Lipinski definition) is 3. The third-order valence-electron chi connectivity index (χ3n) is 4.26. The molecule has 0 aliphatic carbocycles. The molecule has 2 amide bonds. The monoisotopic (exact) mass is 466 g/mol. The molecule has 0 fully saturated rings. The Bertz CT molecular complexity index is 1050. The Morgan fingerprint density at radius 3 is 2.26 bits per heavy atom. The van der Waals surface area contributed by atoms with Gasteiger partial charge < -0.3 is 10.4 Å². The number of benzene rings is 2. The van der Waals surface area contributed by atoms with Gasteiger partial charge in [0.05, 0.1) is 12.7 Å². The molecule has 31 heavy (non-hydrogen) atoms. The number of hydrogen-bond acceptors (Lipinski definition) is 5. The summed E-state index contributed by atoms with van der Waals surface area (Å²) in [4.78, 5) is 34.7. The number of carbonyl (C=O) groups is 3. The molecule has 0 aliphatic heterocycles. The van der Waals surface area contributed by atoms with Crippen molar-refractivity contribution in [3.8, 4) is 11.1 Å². The smallest absolute Gasteiger partial charge is 0.303 e. The van der Waals surface area contributed by atoms with Gasteiger partial charge in [-0.2, -0.15) is 0 Å². The summed E-state index contributed by atoms with van der Waals surface area (Å²) in [5, 5.41) is 12.0. The number of carboxylic acid groups (broad SMARTS) is 1. The first-order valence-electron chi connectivity index (χ1n) is 9.38. The number of carbonyl (C=O) groups excluding carboxylic acids is 2. The summed E-state index contributed by atoms with van der Waals surface area (Å²) in [6, 6.07) is 14.1. The number of nitrogens with one attached hydrogen (secondary N) is 2. The topological polar surface area (TPSA) is 130 Å². The lowest BCUT2D eigenvalue weighted by molar-refractivity contribution is -0.139. The van der Waals surface area contributed by atoms with Crippen LogP contribution in [-0.4, -0.2) is 43.6 Å². The van der Waals surface area contributed by atoms with Crippen molar-refractivity contribution in [2.75, 3.05) is 6.26 Å². The fourth-order valence-electron chi connectivity index (χ4n) is 2.95. The highest BCUT2D eigenvalue weighted by Crippen LogP contribution is 2.23. The van der Waals surface area contributed by atoms with E-state index in [1.807, 2.05) is 47.2 Å². The van der Waals surface area contributed by atoms with Crippen molar-refractivity contribution < 1.29 is 27.9 Å². The van der Waals surface area contributed by atoms with E-state index in [1.54, 1.807) is 6.07 Å². The first-order valence-corrected chi connectivity index (χ1v) is 11.7. The Kier molecular flexibility index (Phi) is 8.58. The molecule has 2 aromatic rings. The summed E-state index contributed by atoms with van der Waals surface area (Å²) < 4.78 is 24.4. The van der Waals surface area contributed by atoms with Gasteiger partial charge in [0.1, 0.15) is 0 Å². The summed E-state index contributed by atoms with van der Waals surface area (Å²) >= 11 is 6.03. The Morgan fingerprint density at radius 2 is 1.68 bits per heavy atom. The predicted molar refractivity (Wildman–Crippen MR) is 117 cm³/mol. The van der Waals surface area contributed by atoms with Gasteiger partial charge >= 0.3 is 5.97 Å². The van der Waals surface area contributed by atoms with Crippen LogP contribution >= 0.6 is 11.6 Å². The lowest BCUT2D eigenvalue weighted by Crippen LogP contribution is -2.41. The Labute approximate surface area is 185 Å². The molecular weight excluding hydrogens is 444 g/mol. The minimum Gasteiger partial charge on any atom is -0.481 e. The van der Waals surface area contributed by atoms with Crippen LogP contribution < -0.4 is 10.0 Å². The second-order valence-corrected chi connectivity index (χ2v) is 9.26. The van der Waals surface area contributed by atoms with Gasteiger partial charge in [0.2, 0.25) is 21.8 Å². The predicted octanol–water partition coefficient (Wildman–Crippen LogP) is 2.37. The van der Waals surface area contributed by atoms with Gasteiger partial charge in [0.25, 0.3) is 0 Å². The Hall–Kier alpha value is -2.91. The van der Waals surface area contributed by atoms with E-state index < -0.39 is 33.8 Å². The number of amides is 2. The highest BCUT2D eigenvalue weighted by Gasteiger charge is 2.19. The minimum absolute atomic E-state index is 0.243. The Balaban J connectivity index is 2.12. The van der Waals surface area contributed by atoms with Crippen LogP contribution in [0.5, 0.6) is 0 Å². The SMILES string of the molecule is CS(=O)(=O)NC(=O)C[C@@H](Cc1ccc(-c2cccc(Cl)c2)cc1)NC(=O)CCC(=O)O. The molecule has 2 rings (SSSR count). The average molecular weight is 467 g/mol. The van der Waals surface area contributed by atoms with Crippen molar-refractivity contribution in [3.63, 3.8) is 0 Å². The van der Waals surface area contributed by atoms with Crippen molar-refractivity contribution in [2.45, 2.75) is 31.7 Å². The van der Waals surface area contributed by atoms with E-state index in [1.165, 1.54) is 0 Å². The molecule has 0 bridgehead atoms. The van der Waals surface area contributed by atoms with Crippen molar-refractivity contribution in [1.82, 2.24) is 10.0 Å². The first kappa shape index (κ1) is 24.4. The second-order valence-electron chi connectivity index (χ2n) is 7.07. The summed E-state index contributed by atoms with van der Waals surface area (Å²) in [6.07, 6.45) is 0.253. The normalized spacial score (nSPS) is 12.1. The molecule has 0 aromatic heterocycles. The molecule has 166 valence electrons. The van der Waals surface area contributed by atoms with Gasteiger partial charge in [-0.3, -0.25) is 19.1 Å². The lowest BCUT2D eigenvalue weighted by atomic mass is 9.99. The van der Waals surface area contributed by atoms with Crippen LogP contribution in [0.1, 0.15) is 24.8 Å². The molecule has 3 N–H and O–H groups in total. The maximum absolute atomic E-state index is 12.0. The number of carboxylic acids is 1. The number of rotatable bonds is 10. The van der Waals surface area contributed by atoms with Crippen LogP contribution in [0.4, 0.5) is 0 Å². The van der Waals surface area contributed by atoms with Crippen molar-refractivity contribution in [2.24, 2.45) is 0 Å². The van der Waals surface area contributed by atoms with Crippen LogP contribution in [0, 0.1) is 0 Å². The second kappa shape index (κ2) is 10.9. The maximum Gasteiger partial charge on any atom is 0.303 e. The number of sulfonamides is 1. The van der Waals surface area contributed by atoms with Crippen LogP contribution in [0.15, 0.2) is 48.5 Å². The van der Waals surface area contributed by atoms with Gasteiger partial charge in [-0.1, -0.05) is 48.0 Å². The molecule has 2 aromatic carbocycles. The molecule has 0 saturated carbocycles. The maximum atomic E-state index is 12.0. The first-order chi connectivity index (χ1) is 14.5. The highest BCUT2D eigenvalue weighted by atomic mass is 35.5. The summed E-state index contributed by atoms with van der Waals surface area (Å²) in [6.45, 7) is 0. The van der Waals surface area contributed by atoms with E-state index in [2.05, 4.69) is 5.32 Å². The average Bonchev–Trinajstić information content (AvgIpc) is 2.65. The molecule has 0 unspecified atom stereocenters. The quantitative estimate of drug-likeness (QED) is 0.493. The standard InChI is InChI=1S/C21H23ClN2O6S/c1-31(29,30)24-20(26)13-18(23-19(25)9-10-21(27)28)11-14-5-7-15(8-6-14)16-3-2-4-17(22)12-16/h2-8,12,18H,9-11,13H2,1H3,(H,23,25)(H,24,26)(H,27,28)/t18-/m1/s1. The van der Waals surface area contributed by atoms with E-state index in [4.69, 9.17) is 16.7 Å². The van der Waals surface area contributed by atoms with E-state index in [-0.39, 0.29) is 25.7 Å². The van der Waals surface area contributed by atoms with Crippen molar-refractivity contribution >= 4 is 39.4 Å². The van der Waals surface area contributed by atoms with Crippen LogP contribution in [0.25, 0.3) is 11.1 Å². The van der Waals surface area contributed by atoms with Gasteiger partial charge in [0.15, 0.2) is 0 Å². The molecule has 0 heterocycles. The lowest BCUT2D eigenvalue weighted by Gasteiger charge is -2.18. The van der Waals surface area contributed by atoms with E-state index in [0.29, 0.717) is 5.02 Å². The summed E-state index contributed by atoms with van der Waals surface area (Å²) in [5.74, 6) is -2.41. The van der Waals surface area contributed by atoms with E-state index in [0.717, 1.165) is 22.9 Å². The molecule has 0 saturated heterocycles. The molecule has 8 nitrogen and oxygen atoms in total. The number of aliphatic carboxylic acids is 1. The van der Waals surface area contributed by atoms with E-state index >= 15 is 0 Å². The van der Waals surface area contributed by atoms with Gasteiger partial charge in [-0.25, -0.2) is 8.42 Å². The molecule has 10 heteroatoms. The summed E-state index contributed by atoms with van der Waals surface area (Å²) in [5.41, 5.74) is 2.68. The summed E-state index contributed by atoms with van der Waals surface area (Å²) in [7, 11) is -3.73. The molecule has 0 spiro atoms. The van der Waals surface area contributed by atoms with Crippen molar-refractivity contribution in [3.05, 3.63) is 59.1 Å². The van der Waals surface area contributed by atoms with Gasteiger partial charge in [-0.15, -0.1) is 0 Å². The van der Waals surface area contributed by atoms with Gasteiger partial charge in [0, 0.05) is 23.9 Å². The van der Waals surface area contributed by atoms with Crippen LogP contribution in [0.3, 0.4) is 0 Å². The van der Waals surface area contributed by atoms with Gasteiger partial charge in [-0.05, 0) is 35.2 Å². The molecule has 1 atom stereocenters. The zero-order chi connectivity index (χ0) is 23.0. The molecule has 0 radical (unpaired) electrons. The van der Waals surface area contributed by atoms with Crippen molar-refractivity contribution in [1.29, 1.82) is 0 Å². The zero-order valence-corrected chi connectivity index (χ0v) is 18.4. The molecular formula is C21H23ClN2O6S. The third-order valence-corrected chi connectivity index (χ3v) is 5.09. The molecule has 0 aliphatic rings. The third kappa shape index (κ3) is 9.18. The fourth-order valence-corrected chi connectivity index (χ4v) is 3.64. The fraction of sp³-hybridized carbons (Fsp3) is 0.286. The zero-order valence-electron chi connectivity index (χ0n) is 16.8. The van der Waals surface area contributed by atoms with Crippen LogP contribution in [-0.2, 0) is 30.8 Å².